The summed E-state index contributed by atoms with van der Waals surface area (Å²) in [7, 11) is -0.732. The summed E-state index contributed by atoms with van der Waals surface area (Å²) in [5, 5.41) is 3.58. The highest BCUT2D eigenvalue weighted by atomic mass is 32.2. The van der Waals surface area contributed by atoms with E-state index in [-0.39, 0.29) is 5.25 Å². The van der Waals surface area contributed by atoms with Crippen molar-refractivity contribution in [1.29, 1.82) is 0 Å². The van der Waals surface area contributed by atoms with Gasteiger partial charge in [-0.25, -0.2) is 0 Å². The summed E-state index contributed by atoms with van der Waals surface area (Å²) in [6.45, 7) is 3.69. The fourth-order valence-corrected chi connectivity index (χ4v) is 2.21. The SMILES string of the molecule is CC(CNCc1ccc(C2CC2)cc1)S(C)=O. The molecule has 1 fully saturated rings. The number of nitrogens with one attached hydrogen (secondary N) is 1. The van der Waals surface area contributed by atoms with Crippen molar-refractivity contribution in [2.24, 2.45) is 0 Å². The number of rotatable bonds is 6. The van der Waals surface area contributed by atoms with Crippen LogP contribution in [0.1, 0.15) is 36.8 Å². The minimum atomic E-state index is -0.732. The van der Waals surface area contributed by atoms with Gasteiger partial charge in [0.05, 0.1) is 0 Å². The maximum atomic E-state index is 11.2. The summed E-state index contributed by atoms with van der Waals surface area (Å²) >= 11 is 0. The number of hydrogen-bond acceptors (Lipinski definition) is 2. The molecule has 1 aromatic carbocycles. The quantitative estimate of drug-likeness (QED) is 0.841. The van der Waals surface area contributed by atoms with E-state index in [9.17, 15) is 4.21 Å². The standard InChI is InChI=1S/C14H21NOS/c1-11(17(2)16)9-15-10-12-3-5-13(6-4-12)14-7-8-14/h3-6,11,14-15H,7-10H2,1-2H3. The van der Waals surface area contributed by atoms with Crippen molar-refractivity contribution >= 4 is 10.8 Å². The van der Waals surface area contributed by atoms with Crippen molar-refractivity contribution in [3.8, 4) is 0 Å². The smallest absolute Gasteiger partial charge is 0.0441 e. The molecule has 2 unspecified atom stereocenters. The highest BCUT2D eigenvalue weighted by molar-refractivity contribution is 7.84. The second-order valence-electron chi connectivity index (χ2n) is 4.96. The van der Waals surface area contributed by atoms with Gasteiger partial charge in [-0.05, 0) is 36.8 Å². The highest BCUT2D eigenvalue weighted by Gasteiger charge is 2.22. The van der Waals surface area contributed by atoms with Crippen LogP contribution in [0.2, 0.25) is 0 Å². The van der Waals surface area contributed by atoms with Crippen molar-refractivity contribution in [1.82, 2.24) is 5.32 Å². The van der Waals surface area contributed by atoms with E-state index in [1.54, 1.807) is 6.26 Å². The first-order valence-electron chi connectivity index (χ1n) is 6.28. The van der Waals surface area contributed by atoms with Crippen LogP contribution >= 0.6 is 0 Å². The van der Waals surface area contributed by atoms with Gasteiger partial charge in [0.1, 0.15) is 0 Å². The topological polar surface area (TPSA) is 29.1 Å². The average molecular weight is 251 g/mol. The van der Waals surface area contributed by atoms with Crippen LogP contribution in [-0.2, 0) is 17.3 Å². The summed E-state index contributed by atoms with van der Waals surface area (Å²) in [5.74, 6) is 0.833. The largest absolute Gasteiger partial charge is 0.311 e. The summed E-state index contributed by atoms with van der Waals surface area (Å²) in [6, 6.07) is 8.90. The highest BCUT2D eigenvalue weighted by Crippen LogP contribution is 2.39. The third-order valence-corrected chi connectivity index (χ3v) is 4.66. The zero-order valence-corrected chi connectivity index (χ0v) is 11.4. The molecule has 94 valence electrons. The fourth-order valence-electron chi connectivity index (χ4n) is 1.86. The molecule has 3 heteroatoms. The molecule has 0 spiro atoms. The lowest BCUT2D eigenvalue weighted by Crippen LogP contribution is -2.27. The summed E-state index contributed by atoms with van der Waals surface area (Å²) in [4.78, 5) is 0. The first-order valence-corrected chi connectivity index (χ1v) is 7.90. The van der Waals surface area contributed by atoms with Crippen molar-refractivity contribution in [3.63, 3.8) is 0 Å². The molecule has 1 saturated carbocycles. The summed E-state index contributed by atoms with van der Waals surface area (Å²) in [5.41, 5.74) is 2.79. The monoisotopic (exact) mass is 251 g/mol. The molecule has 0 radical (unpaired) electrons. The molecule has 0 amide bonds. The molecular weight excluding hydrogens is 230 g/mol. The predicted molar refractivity (Wildman–Crippen MR) is 73.7 cm³/mol. The third kappa shape index (κ3) is 3.93. The van der Waals surface area contributed by atoms with Crippen molar-refractivity contribution in [3.05, 3.63) is 35.4 Å². The Morgan fingerprint density at radius 3 is 2.53 bits per heavy atom. The van der Waals surface area contributed by atoms with Crippen LogP contribution in [0.4, 0.5) is 0 Å². The molecule has 2 rings (SSSR count). The molecule has 0 saturated heterocycles. The molecule has 2 atom stereocenters. The van der Waals surface area contributed by atoms with Gasteiger partial charge in [-0.1, -0.05) is 24.3 Å². The number of benzene rings is 1. The van der Waals surface area contributed by atoms with E-state index in [1.165, 1.54) is 24.0 Å². The zero-order valence-electron chi connectivity index (χ0n) is 10.6. The van der Waals surface area contributed by atoms with E-state index in [4.69, 9.17) is 0 Å². The van der Waals surface area contributed by atoms with Crippen molar-refractivity contribution in [2.75, 3.05) is 12.8 Å². The Morgan fingerprint density at radius 2 is 2.00 bits per heavy atom. The van der Waals surface area contributed by atoms with Crippen molar-refractivity contribution < 1.29 is 4.21 Å². The zero-order chi connectivity index (χ0) is 12.3. The molecule has 0 heterocycles. The molecule has 1 N–H and O–H groups in total. The van der Waals surface area contributed by atoms with E-state index >= 15 is 0 Å². The van der Waals surface area contributed by atoms with E-state index in [2.05, 4.69) is 29.6 Å². The maximum absolute atomic E-state index is 11.2. The Hall–Kier alpha value is -0.670. The van der Waals surface area contributed by atoms with Gasteiger partial charge in [-0.15, -0.1) is 0 Å². The fraction of sp³-hybridized carbons (Fsp3) is 0.571. The first kappa shape index (κ1) is 12.8. The minimum Gasteiger partial charge on any atom is -0.311 e. The molecule has 1 aliphatic carbocycles. The van der Waals surface area contributed by atoms with E-state index in [0.717, 1.165) is 19.0 Å². The van der Waals surface area contributed by atoms with E-state index < -0.39 is 10.8 Å². The Kier molecular flexibility index (Phi) is 4.35. The normalized spacial score (nSPS) is 18.9. The van der Waals surface area contributed by atoms with Gasteiger partial charge >= 0.3 is 0 Å². The Balaban J connectivity index is 1.76. The van der Waals surface area contributed by atoms with E-state index in [1.807, 2.05) is 6.92 Å². The van der Waals surface area contributed by atoms with Crippen LogP contribution in [0.5, 0.6) is 0 Å². The second kappa shape index (κ2) is 5.78. The third-order valence-electron chi connectivity index (χ3n) is 3.36. The lowest BCUT2D eigenvalue weighted by molar-refractivity contribution is 0.647. The predicted octanol–water partition coefficient (Wildman–Crippen LogP) is 2.42. The van der Waals surface area contributed by atoms with Crippen LogP contribution in [0.25, 0.3) is 0 Å². The summed E-state index contributed by atoms with van der Waals surface area (Å²) in [6.07, 6.45) is 4.48. The van der Waals surface area contributed by atoms with Crippen LogP contribution in [0.3, 0.4) is 0 Å². The van der Waals surface area contributed by atoms with Gasteiger partial charge in [0.15, 0.2) is 0 Å². The lowest BCUT2D eigenvalue weighted by Gasteiger charge is -2.10. The minimum absolute atomic E-state index is 0.223. The van der Waals surface area contributed by atoms with Crippen LogP contribution < -0.4 is 5.32 Å². The van der Waals surface area contributed by atoms with Crippen LogP contribution in [-0.4, -0.2) is 22.3 Å². The summed E-state index contributed by atoms with van der Waals surface area (Å²) < 4.78 is 11.2. The van der Waals surface area contributed by atoms with Gasteiger partial charge in [0, 0.05) is 35.4 Å². The van der Waals surface area contributed by atoms with Gasteiger partial charge < -0.3 is 5.32 Å². The first-order chi connectivity index (χ1) is 8.16. The van der Waals surface area contributed by atoms with Gasteiger partial charge in [0.2, 0.25) is 0 Å². The van der Waals surface area contributed by atoms with Crippen molar-refractivity contribution in [2.45, 2.75) is 37.5 Å². The molecule has 1 aromatic rings. The van der Waals surface area contributed by atoms with Crippen LogP contribution in [0, 0.1) is 0 Å². The maximum Gasteiger partial charge on any atom is 0.0441 e. The molecule has 0 aliphatic heterocycles. The van der Waals surface area contributed by atoms with E-state index in [0.29, 0.717) is 0 Å². The Bertz CT molecular complexity index is 384. The second-order valence-corrected chi connectivity index (χ2v) is 6.76. The molecular formula is C14H21NOS. The molecule has 0 bridgehead atoms. The Labute approximate surface area is 106 Å². The van der Waals surface area contributed by atoms with Gasteiger partial charge in [-0.3, -0.25) is 4.21 Å². The molecule has 2 nitrogen and oxygen atoms in total. The molecule has 0 aromatic heterocycles. The molecule has 17 heavy (non-hydrogen) atoms. The number of hydrogen-bond donors (Lipinski definition) is 1. The van der Waals surface area contributed by atoms with Gasteiger partial charge in [-0.2, -0.15) is 0 Å². The molecule has 1 aliphatic rings. The van der Waals surface area contributed by atoms with Crippen LogP contribution in [0.15, 0.2) is 24.3 Å². The average Bonchev–Trinajstić information content (AvgIpc) is 3.13. The lowest BCUT2D eigenvalue weighted by atomic mass is 10.1. The Morgan fingerprint density at radius 1 is 1.35 bits per heavy atom. The van der Waals surface area contributed by atoms with Gasteiger partial charge in [0.25, 0.3) is 0 Å².